The quantitative estimate of drug-likeness (QED) is 0.100. The van der Waals surface area contributed by atoms with Gasteiger partial charge in [-0.3, -0.25) is 4.98 Å². The van der Waals surface area contributed by atoms with Gasteiger partial charge in [-0.2, -0.15) is 23.1 Å². The summed E-state index contributed by atoms with van der Waals surface area (Å²) in [5.41, 5.74) is 0.00527. The Morgan fingerprint density at radius 1 is 0.959 bits per heavy atom. The van der Waals surface area contributed by atoms with Gasteiger partial charge in [-0.15, -0.1) is 0 Å². The van der Waals surface area contributed by atoms with Crippen molar-refractivity contribution in [1.82, 2.24) is 19.9 Å². The molecule has 0 radical (unpaired) electrons. The first-order chi connectivity index (χ1) is 22.9. The Kier molecular flexibility index (Phi) is 10.4. The molecule has 7 nitrogen and oxygen atoms in total. The minimum Gasteiger partial charge on any atom is -0.543 e. The number of ether oxygens (including phenoxy) is 2. The maximum absolute atomic E-state index is 16.8. The van der Waals surface area contributed by atoms with E-state index in [1.165, 1.54) is 12.1 Å². The van der Waals surface area contributed by atoms with Crippen molar-refractivity contribution in [1.29, 1.82) is 0 Å². The Hall–Kier alpha value is -3.29. The third kappa shape index (κ3) is 7.58. The number of halogens is 6. The van der Waals surface area contributed by atoms with Crippen LogP contribution in [0.15, 0.2) is 30.5 Å². The molecule has 0 unspecified atom stereocenters. The van der Waals surface area contributed by atoms with E-state index in [-0.39, 0.29) is 67.2 Å². The number of benzene rings is 2. The fourth-order valence-electron chi connectivity index (χ4n) is 7.11. The zero-order valence-electron chi connectivity index (χ0n) is 28.9. The summed E-state index contributed by atoms with van der Waals surface area (Å²) in [5, 5.41) is 0.268. The van der Waals surface area contributed by atoms with Crippen molar-refractivity contribution >= 4 is 41.6 Å². The Bertz CT molecular complexity index is 1830. The van der Waals surface area contributed by atoms with Gasteiger partial charge in [0.05, 0.1) is 17.0 Å². The van der Waals surface area contributed by atoms with Gasteiger partial charge in [0.2, 0.25) is 5.88 Å². The van der Waals surface area contributed by atoms with Crippen LogP contribution in [-0.2, 0) is 0 Å². The average molecular weight is 725 g/mol. The van der Waals surface area contributed by atoms with E-state index in [4.69, 9.17) is 25.5 Å². The van der Waals surface area contributed by atoms with Crippen molar-refractivity contribution in [3.8, 4) is 28.9 Å². The zero-order valence-corrected chi connectivity index (χ0v) is 30.7. The molecule has 1 aliphatic carbocycles. The number of rotatable bonds is 13. The van der Waals surface area contributed by atoms with Gasteiger partial charge in [-0.05, 0) is 67.1 Å². The van der Waals surface area contributed by atoms with E-state index >= 15 is 4.39 Å². The number of nitrogens with zero attached hydrogens (tertiary/aromatic N) is 4. The third-order valence-corrected chi connectivity index (χ3v) is 15.7. The molecule has 2 heterocycles. The van der Waals surface area contributed by atoms with Crippen LogP contribution in [0.4, 0.5) is 22.0 Å². The molecule has 1 aliphatic rings. The van der Waals surface area contributed by atoms with E-state index in [0.717, 1.165) is 25.6 Å². The molecule has 2 aromatic heterocycles. The molecule has 0 bridgehead atoms. The first-order valence-electron chi connectivity index (χ1n) is 16.3. The van der Waals surface area contributed by atoms with Gasteiger partial charge in [0.1, 0.15) is 22.8 Å². The molecule has 49 heavy (non-hydrogen) atoms. The first kappa shape index (κ1) is 37.0. The molecule has 0 spiro atoms. The van der Waals surface area contributed by atoms with E-state index in [9.17, 15) is 17.6 Å². The topological polar surface area (TPSA) is 69.6 Å². The molecule has 0 atom stereocenters. The minimum atomic E-state index is -4.69. The second kappa shape index (κ2) is 13.8. The van der Waals surface area contributed by atoms with Crippen LogP contribution < -0.4 is 13.9 Å². The monoisotopic (exact) mass is 724 g/mol. The highest BCUT2D eigenvalue weighted by molar-refractivity contribution is 6.78. The van der Waals surface area contributed by atoms with Crippen molar-refractivity contribution in [3.05, 3.63) is 47.1 Å². The SMILES string of the molecule is CC(C)[Si](Oc1cc(-c2ncc3c(OCC(F)(F)F)nc(OCC4(CN(C)C)CC4)nc3c2F)c2c(Cl)c(F)ccc2c1)(C(C)C)C(C)C. The van der Waals surface area contributed by atoms with Crippen LogP contribution in [0, 0.1) is 17.0 Å². The average Bonchev–Trinajstić information content (AvgIpc) is 3.77. The highest BCUT2D eigenvalue weighted by atomic mass is 35.5. The summed E-state index contributed by atoms with van der Waals surface area (Å²) < 4.78 is 89.2. The molecule has 1 fully saturated rings. The van der Waals surface area contributed by atoms with Crippen molar-refractivity contribution < 1.29 is 35.9 Å². The van der Waals surface area contributed by atoms with E-state index in [2.05, 4.69) is 56.5 Å². The van der Waals surface area contributed by atoms with Crippen LogP contribution in [0.3, 0.4) is 0 Å². The van der Waals surface area contributed by atoms with Gasteiger partial charge in [0.25, 0.3) is 8.32 Å². The highest BCUT2D eigenvalue weighted by Gasteiger charge is 2.47. The Morgan fingerprint density at radius 3 is 2.18 bits per heavy atom. The maximum Gasteiger partial charge on any atom is 0.422 e. The molecule has 0 amide bonds. The van der Waals surface area contributed by atoms with Crippen LogP contribution in [0.5, 0.6) is 17.6 Å². The van der Waals surface area contributed by atoms with E-state index in [1.54, 1.807) is 12.1 Å². The smallest absolute Gasteiger partial charge is 0.422 e. The molecule has 0 saturated heterocycles. The van der Waals surface area contributed by atoms with Crippen LogP contribution >= 0.6 is 11.6 Å². The number of hydrogen-bond acceptors (Lipinski definition) is 7. The largest absolute Gasteiger partial charge is 0.543 e. The number of hydrogen-bond donors (Lipinski definition) is 0. The molecule has 0 N–H and O–H groups in total. The summed E-state index contributed by atoms with van der Waals surface area (Å²) >= 11 is 6.52. The molecular formula is C35H42ClF5N4O3Si. The number of alkyl halides is 3. The molecule has 266 valence electrons. The summed E-state index contributed by atoms with van der Waals surface area (Å²) in [7, 11) is 1.36. The number of aromatic nitrogens is 3. The lowest BCUT2D eigenvalue weighted by Gasteiger charge is -2.42. The molecule has 1 saturated carbocycles. The zero-order chi connectivity index (χ0) is 36.1. The van der Waals surface area contributed by atoms with Crippen molar-refractivity contribution in [2.75, 3.05) is 33.9 Å². The molecular weight excluding hydrogens is 683 g/mol. The molecule has 0 aliphatic heterocycles. The van der Waals surface area contributed by atoms with Crippen LogP contribution in [-0.4, -0.2) is 68.2 Å². The lowest BCUT2D eigenvalue weighted by atomic mass is 10.00. The number of fused-ring (bicyclic) bond motifs is 2. The van der Waals surface area contributed by atoms with Gasteiger partial charge in [0, 0.05) is 29.1 Å². The second-order valence-electron chi connectivity index (χ2n) is 14.3. The Labute approximate surface area is 289 Å². The fourth-order valence-corrected chi connectivity index (χ4v) is 12.6. The standard InChI is InChI=1S/C35H42ClF5N4O3Si/c1-19(2)49(20(3)4,21(5)6)48-23-13-22-9-10-26(37)28(36)27(22)24(14-23)30-29(38)31-25(15-42-30)32(46-18-35(39,40)41)44-33(43-31)47-17-34(11-12-34)16-45(7)8/h9-10,13-15,19-21H,11-12,16-18H2,1-8H3. The Balaban J connectivity index is 1.70. The van der Waals surface area contributed by atoms with Gasteiger partial charge in [0.15, 0.2) is 12.4 Å². The number of pyridine rings is 1. The fraction of sp³-hybridized carbons (Fsp3) is 0.514. The van der Waals surface area contributed by atoms with E-state index in [0.29, 0.717) is 11.1 Å². The first-order valence-corrected chi connectivity index (χ1v) is 18.8. The predicted octanol–water partition coefficient (Wildman–Crippen LogP) is 9.99. The summed E-state index contributed by atoms with van der Waals surface area (Å²) in [6.07, 6.45) is -1.78. The Morgan fingerprint density at radius 2 is 1.61 bits per heavy atom. The van der Waals surface area contributed by atoms with E-state index in [1.807, 2.05) is 19.0 Å². The van der Waals surface area contributed by atoms with Crippen molar-refractivity contribution in [3.63, 3.8) is 0 Å². The van der Waals surface area contributed by atoms with Crippen molar-refractivity contribution in [2.45, 2.75) is 77.2 Å². The third-order valence-electron chi connectivity index (χ3n) is 9.36. The van der Waals surface area contributed by atoms with Crippen LogP contribution in [0.1, 0.15) is 54.4 Å². The van der Waals surface area contributed by atoms with Crippen LogP contribution in [0.25, 0.3) is 32.9 Å². The minimum absolute atomic E-state index is 0.136. The maximum atomic E-state index is 16.8. The van der Waals surface area contributed by atoms with Crippen LogP contribution in [0.2, 0.25) is 21.6 Å². The summed E-state index contributed by atoms with van der Waals surface area (Å²) in [4.78, 5) is 14.7. The second-order valence-corrected chi connectivity index (χ2v) is 20.0. The summed E-state index contributed by atoms with van der Waals surface area (Å²) in [5.74, 6) is -1.78. The summed E-state index contributed by atoms with van der Waals surface area (Å²) in [6, 6.07) is 5.78. The predicted molar refractivity (Wildman–Crippen MR) is 184 cm³/mol. The van der Waals surface area contributed by atoms with Crippen molar-refractivity contribution in [2.24, 2.45) is 5.41 Å². The van der Waals surface area contributed by atoms with E-state index < -0.39 is 38.6 Å². The highest BCUT2D eigenvalue weighted by Crippen LogP contribution is 2.47. The van der Waals surface area contributed by atoms with Gasteiger partial charge in [-0.1, -0.05) is 59.2 Å². The molecule has 5 rings (SSSR count). The molecule has 4 aromatic rings. The normalized spacial score (nSPS) is 14.9. The van der Waals surface area contributed by atoms with Gasteiger partial charge >= 0.3 is 12.2 Å². The molecule has 2 aromatic carbocycles. The lowest BCUT2D eigenvalue weighted by molar-refractivity contribution is -0.153. The van der Waals surface area contributed by atoms with Gasteiger partial charge in [-0.25, -0.2) is 8.78 Å². The van der Waals surface area contributed by atoms with Gasteiger partial charge < -0.3 is 18.8 Å². The summed E-state index contributed by atoms with van der Waals surface area (Å²) in [6.45, 7) is 12.0. The molecule has 14 heteroatoms. The lowest BCUT2D eigenvalue weighted by Crippen LogP contribution is -2.50.